The van der Waals surface area contributed by atoms with E-state index in [4.69, 9.17) is 4.74 Å². The number of ether oxygens (including phenoxy) is 1. The summed E-state index contributed by atoms with van der Waals surface area (Å²) in [5, 5.41) is 3.76. The third-order valence-corrected chi connectivity index (χ3v) is 7.21. The van der Waals surface area contributed by atoms with E-state index in [1.807, 2.05) is 0 Å². The first-order valence-corrected chi connectivity index (χ1v) is 12.4. The molecule has 2 aliphatic heterocycles. The number of nitrogens with one attached hydrogen (secondary N) is 2. The highest BCUT2D eigenvalue weighted by atomic mass is 32.2. The summed E-state index contributed by atoms with van der Waals surface area (Å²) in [5.41, 5.74) is -0.319. The van der Waals surface area contributed by atoms with E-state index in [1.54, 1.807) is 51.1 Å². The lowest BCUT2D eigenvalue weighted by atomic mass is 9.85. The van der Waals surface area contributed by atoms with Gasteiger partial charge in [0.1, 0.15) is 18.0 Å². The van der Waals surface area contributed by atoms with Gasteiger partial charge in [0.25, 0.3) is 12.3 Å². The van der Waals surface area contributed by atoms with E-state index in [-0.39, 0.29) is 23.6 Å². The van der Waals surface area contributed by atoms with Crippen LogP contribution in [0.1, 0.15) is 43.1 Å². The van der Waals surface area contributed by atoms with Crippen molar-refractivity contribution in [2.75, 3.05) is 11.5 Å². The van der Waals surface area contributed by atoms with Gasteiger partial charge in [-0.3, -0.25) is 14.5 Å². The summed E-state index contributed by atoms with van der Waals surface area (Å²) in [6.45, 7) is 4.27. The number of nitrogens with zero attached hydrogens (tertiary/aromatic N) is 1. The van der Waals surface area contributed by atoms with Crippen molar-refractivity contribution in [2.45, 2.75) is 44.7 Å². The van der Waals surface area contributed by atoms with Gasteiger partial charge >= 0.3 is 0 Å². The number of hydrogen-bond acceptors (Lipinski definition) is 5. The van der Waals surface area contributed by atoms with Gasteiger partial charge in [-0.1, -0.05) is 12.1 Å². The molecule has 11 heteroatoms. The zero-order valence-electron chi connectivity index (χ0n) is 19.3. The van der Waals surface area contributed by atoms with Gasteiger partial charge in [0.15, 0.2) is 0 Å². The molecule has 2 aromatic rings. The van der Waals surface area contributed by atoms with Crippen molar-refractivity contribution in [1.29, 1.82) is 0 Å². The topological polar surface area (TPSA) is 105 Å². The lowest BCUT2D eigenvalue weighted by Crippen LogP contribution is -2.59. The van der Waals surface area contributed by atoms with Crippen molar-refractivity contribution < 1.29 is 31.5 Å². The van der Waals surface area contributed by atoms with Crippen LogP contribution in [0.25, 0.3) is 0 Å². The second-order valence-corrected chi connectivity index (χ2v) is 10.8. The maximum atomic E-state index is 13.4. The summed E-state index contributed by atoms with van der Waals surface area (Å²) >= 11 is 0. The average molecular weight is 506 g/mol. The molecule has 186 valence electrons. The van der Waals surface area contributed by atoms with Crippen LogP contribution in [-0.4, -0.2) is 38.9 Å². The molecular weight excluding hydrogens is 480 g/mol. The molecule has 0 saturated carbocycles. The second-order valence-electron chi connectivity index (χ2n) is 9.21. The van der Waals surface area contributed by atoms with Crippen molar-refractivity contribution in [3.8, 4) is 5.75 Å². The highest BCUT2D eigenvalue weighted by molar-refractivity contribution is 7.92. The summed E-state index contributed by atoms with van der Waals surface area (Å²) in [4.78, 5) is 27.8. The van der Waals surface area contributed by atoms with Gasteiger partial charge in [0, 0.05) is 23.5 Å². The monoisotopic (exact) mass is 505 g/mol. The Kier molecular flexibility index (Phi) is 6.18. The number of sulfonamides is 1. The number of rotatable bonds is 6. The molecule has 0 unspecified atom stereocenters. The van der Waals surface area contributed by atoms with Crippen LogP contribution in [0.2, 0.25) is 0 Å². The maximum Gasteiger partial charge on any atom is 0.272 e. The third-order valence-electron chi connectivity index (χ3n) is 5.92. The van der Waals surface area contributed by atoms with Gasteiger partial charge in [0.05, 0.1) is 16.8 Å². The van der Waals surface area contributed by atoms with Gasteiger partial charge in [-0.05, 0) is 56.7 Å². The number of carbonyl (C=O) groups is 2. The molecular formula is C24H25F2N3O5S. The molecule has 0 aromatic heterocycles. The molecule has 0 aliphatic carbocycles. The first kappa shape index (κ1) is 24.8. The van der Waals surface area contributed by atoms with E-state index >= 15 is 0 Å². The number of anilines is 2. The lowest BCUT2D eigenvalue weighted by molar-refractivity contribution is -0.121. The molecule has 2 aliphatic rings. The van der Waals surface area contributed by atoms with E-state index in [1.165, 1.54) is 23.1 Å². The summed E-state index contributed by atoms with van der Waals surface area (Å²) in [6.07, 6.45) is -0.892. The fourth-order valence-corrected chi connectivity index (χ4v) is 5.38. The highest BCUT2D eigenvalue weighted by Gasteiger charge is 2.45. The molecule has 2 amide bonds. The summed E-state index contributed by atoms with van der Waals surface area (Å²) in [7, 11) is -3.65. The Labute approximate surface area is 202 Å². The van der Waals surface area contributed by atoms with Gasteiger partial charge < -0.3 is 10.1 Å². The highest BCUT2D eigenvalue weighted by Crippen LogP contribution is 2.46. The predicted octanol–water partition coefficient (Wildman–Crippen LogP) is 3.57. The quantitative estimate of drug-likeness (QED) is 0.625. The molecule has 0 saturated heterocycles. The number of hydrogen-bond donors (Lipinski definition) is 2. The molecule has 2 N–H and O–H groups in total. The third kappa shape index (κ3) is 4.92. The van der Waals surface area contributed by atoms with Crippen molar-refractivity contribution in [1.82, 2.24) is 10.0 Å². The van der Waals surface area contributed by atoms with Crippen LogP contribution < -0.4 is 19.7 Å². The summed E-state index contributed by atoms with van der Waals surface area (Å²) in [6, 6.07) is 11.1. The van der Waals surface area contributed by atoms with Crippen LogP contribution in [0.5, 0.6) is 5.75 Å². The van der Waals surface area contributed by atoms with E-state index < -0.39 is 40.0 Å². The van der Waals surface area contributed by atoms with Gasteiger partial charge in [-0.2, -0.15) is 4.72 Å². The Hall–Kier alpha value is -3.31. The summed E-state index contributed by atoms with van der Waals surface area (Å²) < 4.78 is 56.4. The van der Waals surface area contributed by atoms with Crippen LogP contribution in [-0.2, 0) is 20.2 Å². The van der Waals surface area contributed by atoms with Crippen molar-refractivity contribution >= 4 is 33.2 Å². The molecule has 8 nitrogen and oxygen atoms in total. The average Bonchev–Trinajstić information content (AvgIpc) is 2.96. The zero-order valence-corrected chi connectivity index (χ0v) is 20.2. The minimum absolute atomic E-state index is 0.204. The first-order chi connectivity index (χ1) is 16.3. The Morgan fingerprint density at radius 2 is 1.94 bits per heavy atom. The van der Waals surface area contributed by atoms with E-state index in [9.17, 15) is 26.8 Å². The number of halogens is 2. The lowest BCUT2D eigenvalue weighted by Gasteiger charge is -2.32. The molecule has 4 rings (SSSR count). The standard InChI is InChI=1S/C24H25F2N3O5S/c1-23(2)18-12-15(21(30)27-24(3)10-5-11-35(32,33)28-24)8-9-19(18)29(22(23)31)16-6-4-7-17(13-16)34-14-20(25)26/h4-9,11-13,20,28H,10,14H2,1-3H3,(H,27,30)/t24-/m0/s1. The van der Waals surface area contributed by atoms with Crippen LogP contribution in [0.4, 0.5) is 20.2 Å². The molecule has 0 radical (unpaired) electrons. The van der Waals surface area contributed by atoms with Gasteiger partial charge in [-0.25, -0.2) is 17.2 Å². The Morgan fingerprint density at radius 3 is 2.63 bits per heavy atom. The molecule has 0 bridgehead atoms. The van der Waals surface area contributed by atoms with E-state index in [0.717, 1.165) is 5.41 Å². The van der Waals surface area contributed by atoms with Crippen LogP contribution in [0.3, 0.4) is 0 Å². The molecule has 0 fully saturated rings. The smallest absolute Gasteiger partial charge is 0.272 e. The van der Waals surface area contributed by atoms with Crippen LogP contribution >= 0.6 is 0 Å². The number of fused-ring (bicyclic) bond motifs is 1. The largest absolute Gasteiger partial charge is 0.488 e. The summed E-state index contributed by atoms with van der Waals surface area (Å²) in [5.74, 6) is -0.555. The molecule has 0 spiro atoms. The number of benzene rings is 2. The fourth-order valence-electron chi connectivity index (χ4n) is 4.20. The Balaban J connectivity index is 1.64. The molecule has 35 heavy (non-hydrogen) atoms. The zero-order chi connectivity index (χ0) is 25.6. The minimum Gasteiger partial charge on any atom is -0.488 e. The number of carbonyl (C=O) groups excluding carboxylic acids is 2. The fraction of sp³-hybridized carbons (Fsp3) is 0.333. The van der Waals surface area contributed by atoms with E-state index in [2.05, 4.69) is 10.0 Å². The number of amides is 2. The Morgan fingerprint density at radius 1 is 1.20 bits per heavy atom. The maximum absolute atomic E-state index is 13.4. The van der Waals surface area contributed by atoms with Crippen molar-refractivity contribution in [2.24, 2.45) is 0 Å². The predicted molar refractivity (Wildman–Crippen MR) is 126 cm³/mol. The molecule has 1 atom stereocenters. The minimum atomic E-state index is -3.65. The van der Waals surface area contributed by atoms with Gasteiger partial charge in [0.2, 0.25) is 15.9 Å². The number of alkyl halides is 2. The van der Waals surface area contributed by atoms with E-state index in [0.29, 0.717) is 16.9 Å². The normalized spacial score (nSPS) is 22.2. The second kappa shape index (κ2) is 8.72. The van der Waals surface area contributed by atoms with Crippen molar-refractivity contribution in [3.05, 3.63) is 65.1 Å². The molecule has 2 aromatic carbocycles. The molecule has 2 heterocycles. The van der Waals surface area contributed by atoms with Crippen LogP contribution in [0, 0.1) is 0 Å². The first-order valence-electron chi connectivity index (χ1n) is 10.8. The van der Waals surface area contributed by atoms with Crippen molar-refractivity contribution in [3.63, 3.8) is 0 Å². The Bertz CT molecular complexity index is 1330. The van der Waals surface area contributed by atoms with Gasteiger partial charge in [-0.15, -0.1) is 0 Å². The SMILES string of the molecule is CC1(C)C(=O)N(c2cccc(OCC(F)F)c2)c2ccc(C(=O)N[C@]3(C)CC=CS(=O)(=O)N3)cc21. The van der Waals surface area contributed by atoms with Crippen LogP contribution in [0.15, 0.2) is 53.9 Å².